The largest absolute Gasteiger partial charge is 0.362 e. The number of rotatable bonds is 3. The zero-order chi connectivity index (χ0) is 13.9. The van der Waals surface area contributed by atoms with Crippen molar-refractivity contribution in [3.63, 3.8) is 0 Å². The van der Waals surface area contributed by atoms with E-state index in [4.69, 9.17) is 23.2 Å². The Kier molecular flexibility index (Phi) is 3.71. The zero-order valence-corrected chi connectivity index (χ0v) is 11.8. The Morgan fingerprint density at radius 3 is 2.90 bits per heavy atom. The number of aliphatic imine (C=N–C) groups is 2. The predicted molar refractivity (Wildman–Crippen MR) is 82.9 cm³/mol. The van der Waals surface area contributed by atoms with Crippen LogP contribution in [-0.4, -0.2) is 33.0 Å². The Labute approximate surface area is 125 Å². The van der Waals surface area contributed by atoms with Crippen LogP contribution in [0.5, 0.6) is 0 Å². The number of nitrogens with one attached hydrogen (secondary N) is 2. The molecular weight excluding hydrogens is 297 g/mol. The van der Waals surface area contributed by atoms with Crippen LogP contribution in [0.4, 0.5) is 5.69 Å². The fraction of sp³-hybridized carbons (Fsp3) is 0.154. The maximum Gasteiger partial charge on any atom is 0.219 e. The van der Waals surface area contributed by atoms with Gasteiger partial charge in [0.1, 0.15) is 17.4 Å². The van der Waals surface area contributed by atoms with Crippen LogP contribution >= 0.6 is 23.2 Å². The molecule has 0 spiro atoms. The van der Waals surface area contributed by atoms with E-state index in [9.17, 15) is 0 Å². The van der Waals surface area contributed by atoms with E-state index in [0.717, 1.165) is 17.1 Å². The summed E-state index contributed by atoms with van der Waals surface area (Å²) in [6.07, 6.45) is 4.69. The summed E-state index contributed by atoms with van der Waals surface area (Å²) in [6.45, 7) is 0. The number of H-pyrrole nitrogens is 1. The Morgan fingerprint density at radius 1 is 1.25 bits per heavy atom. The normalized spacial score (nSPS) is 21.6. The van der Waals surface area contributed by atoms with Crippen LogP contribution in [0.25, 0.3) is 11.4 Å². The second-order valence-electron chi connectivity index (χ2n) is 4.19. The summed E-state index contributed by atoms with van der Waals surface area (Å²) in [5, 5.41) is 3.09. The van der Waals surface area contributed by atoms with E-state index in [0.29, 0.717) is 0 Å². The number of hydrogen-bond acceptors (Lipinski definition) is 4. The summed E-state index contributed by atoms with van der Waals surface area (Å²) in [5.74, 6) is 0.777. The first-order valence-corrected chi connectivity index (χ1v) is 6.82. The van der Waals surface area contributed by atoms with E-state index < -0.39 is 0 Å². The van der Waals surface area contributed by atoms with Crippen molar-refractivity contribution in [2.24, 2.45) is 9.98 Å². The zero-order valence-electron chi connectivity index (χ0n) is 10.3. The molecule has 1 aliphatic heterocycles. The molecule has 0 fully saturated rings. The maximum atomic E-state index is 6.17. The average Bonchev–Trinajstić information content (AvgIpc) is 2.97. The number of imidazole rings is 1. The fourth-order valence-corrected chi connectivity index (χ4v) is 2.27. The van der Waals surface area contributed by atoms with E-state index in [2.05, 4.69) is 25.3 Å². The predicted octanol–water partition coefficient (Wildman–Crippen LogP) is 3.10. The number of nitrogens with zero attached hydrogens (tertiary/aromatic N) is 3. The molecule has 0 radical (unpaired) electrons. The molecule has 0 amide bonds. The van der Waals surface area contributed by atoms with Crippen molar-refractivity contribution in [3.05, 3.63) is 36.7 Å². The van der Waals surface area contributed by atoms with Crippen molar-refractivity contribution in [1.29, 1.82) is 0 Å². The molecule has 0 aliphatic carbocycles. The second-order valence-corrected chi connectivity index (χ2v) is 5.04. The number of benzene rings is 1. The Hall–Kier alpha value is -1.85. The van der Waals surface area contributed by atoms with Gasteiger partial charge >= 0.3 is 0 Å². The minimum absolute atomic E-state index is 0.190. The highest BCUT2D eigenvalue weighted by atomic mass is 35.5. The van der Waals surface area contributed by atoms with E-state index in [1.54, 1.807) is 18.6 Å². The monoisotopic (exact) mass is 307 g/mol. The summed E-state index contributed by atoms with van der Waals surface area (Å²) in [6, 6.07) is 7.78. The third-order valence-corrected chi connectivity index (χ3v) is 3.40. The molecule has 2 atom stereocenters. The molecule has 5 nitrogen and oxygen atoms in total. The van der Waals surface area contributed by atoms with E-state index in [1.165, 1.54) is 0 Å². The van der Waals surface area contributed by atoms with Gasteiger partial charge in [0.05, 0.1) is 0 Å². The van der Waals surface area contributed by atoms with E-state index >= 15 is 0 Å². The minimum atomic E-state index is -0.363. The Bertz CT molecular complexity index is 651. The average molecular weight is 308 g/mol. The molecule has 1 aromatic heterocycles. The molecule has 7 heteroatoms. The Balaban J connectivity index is 1.90. The van der Waals surface area contributed by atoms with Gasteiger partial charge in [-0.25, -0.2) is 15.0 Å². The summed E-state index contributed by atoms with van der Waals surface area (Å²) in [4.78, 5) is 15.4. The number of hydrogen-bond donors (Lipinski definition) is 2. The van der Waals surface area contributed by atoms with Crippen molar-refractivity contribution in [1.82, 2.24) is 9.97 Å². The molecule has 20 heavy (non-hydrogen) atoms. The summed E-state index contributed by atoms with van der Waals surface area (Å²) >= 11 is 12.0. The molecular formula is C13H11Cl2N5. The van der Waals surface area contributed by atoms with Crippen LogP contribution in [-0.2, 0) is 0 Å². The van der Waals surface area contributed by atoms with Crippen molar-refractivity contribution in [2.75, 3.05) is 5.32 Å². The number of aromatic amines is 1. The molecule has 1 aromatic carbocycles. The fourth-order valence-electron chi connectivity index (χ4n) is 1.93. The van der Waals surface area contributed by atoms with E-state index in [-0.39, 0.29) is 16.8 Å². The molecule has 1 aliphatic rings. The molecule has 2 N–H and O–H groups in total. The van der Waals surface area contributed by atoms with Crippen LogP contribution in [0.15, 0.2) is 46.6 Å². The molecule has 2 heterocycles. The standard InChI is InChI=1S/C13H11Cl2N5/c14-9-7-18-13(15)20-12(9)19-10-4-2-1-3-8(10)11-16-5-6-17-11/h1-7,9,12,19H,(H,16,17). The first-order valence-electron chi connectivity index (χ1n) is 6.01. The summed E-state index contributed by atoms with van der Waals surface area (Å²) in [7, 11) is 0. The highest BCUT2D eigenvalue weighted by Crippen LogP contribution is 2.26. The number of para-hydroxylation sites is 1. The second kappa shape index (κ2) is 5.64. The lowest BCUT2D eigenvalue weighted by Crippen LogP contribution is -2.32. The minimum Gasteiger partial charge on any atom is -0.362 e. The van der Waals surface area contributed by atoms with Gasteiger partial charge < -0.3 is 10.3 Å². The van der Waals surface area contributed by atoms with Crippen molar-refractivity contribution < 1.29 is 0 Å². The number of halogens is 2. The lowest BCUT2D eigenvalue weighted by Gasteiger charge is -2.22. The van der Waals surface area contributed by atoms with Crippen molar-refractivity contribution >= 4 is 40.4 Å². The number of alkyl halides is 1. The van der Waals surface area contributed by atoms with Gasteiger partial charge in [-0.15, -0.1) is 11.6 Å². The number of aromatic nitrogens is 2. The Morgan fingerprint density at radius 2 is 2.10 bits per heavy atom. The van der Waals surface area contributed by atoms with Crippen molar-refractivity contribution in [2.45, 2.75) is 11.5 Å². The van der Waals surface area contributed by atoms with Gasteiger partial charge in [0, 0.05) is 29.9 Å². The quantitative estimate of drug-likeness (QED) is 0.676. The summed E-state index contributed by atoms with van der Waals surface area (Å²) in [5.41, 5.74) is 1.82. The van der Waals surface area contributed by atoms with Crippen LogP contribution in [0.1, 0.15) is 0 Å². The van der Waals surface area contributed by atoms with Gasteiger partial charge in [-0.1, -0.05) is 12.1 Å². The van der Waals surface area contributed by atoms with Crippen LogP contribution in [0.2, 0.25) is 0 Å². The molecule has 0 saturated carbocycles. The number of anilines is 1. The smallest absolute Gasteiger partial charge is 0.219 e. The van der Waals surface area contributed by atoms with E-state index in [1.807, 2.05) is 24.3 Å². The van der Waals surface area contributed by atoms with Gasteiger partial charge in [-0.3, -0.25) is 0 Å². The highest BCUT2D eigenvalue weighted by molar-refractivity contribution is 6.65. The lowest BCUT2D eigenvalue weighted by atomic mass is 10.1. The first kappa shape index (κ1) is 13.1. The number of amidine groups is 1. The van der Waals surface area contributed by atoms with Crippen molar-refractivity contribution in [3.8, 4) is 11.4 Å². The third kappa shape index (κ3) is 2.69. The molecule has 0 bridgehead atoms. The van der Waals surface area contributed by atoms with Gasteiger partial charge in [-0.2, -0.15) is 0 Å². The van der Waals surface area contributed by atoms with Crippen LogP contribution in [0.3, 0.4) is 0 Å². The molecule has 102 valence electrons. The molecule has 3 rings (SSSR count). The van der Waals surface area contributed by atoms with Crippen LogP contribution in [0, 0.1) is 0 Å². The topological polar surface area (TPSA) is 65.4 Å². The highest BCUT2D eigenvalue weighted by Gasteiger charge is 2.22. The lowest BCUT2D eigenvalue weighted by molar-refractivity contribution is 0.804. The summed E-state index contributed by atoms with van der Waals surface area (Å²) < 4.78 is 0. The third-order valence-electron chi connectivity index (χ3n) is 2.85. The van der Waals surface area contributed by atoms with Gasteiger partial charge in [-0.05, 0) is 23.7 Å². The molecule has 2 aromatic rings. The SMILES string of the molecule is ClC1=NC(Nc2ccccc2-c2ncc[nH]2)C(Cl)C=N1. The van der Waals surface area contributed by atoms with Gasteiger partial charge in [0.15, 0.2) is 0 Å². The molecule has 2 unspecified atom stereocenters. The van der Waals surface area contributed by atoms with Gasteiger partial charge in [0.25, 0.3) is 0 Å². The molecule has 0 saturated heterocycles. The van der Waals surface area contributed by atoms with Crippen LogP contribution < -0.4 is 5.32 Å². The maximum absolute atomic E-state index is 6.17. The first-order chi connectivity index (χ1) is 9.74. The van der Waals surface area contributed by atoms with Gasteiger partial charge in [0.2, 0.25) is 5.29 Å².